The van der Waals surface area contributed by atoms with Crippen molar-refractivity contribution in [3.8, 4) is 11.3 Å². The summed E-state index contributed by atoms with van der Waals surface area (Å²) in [6, 6.07) is 4.49. The molecule has 1 unspecified atom stereocenters. The normalized spacial score (nSPS) is 16.7. The molecule has 0 spiro atoms. The summed E-state index contributed by atoms with van der Waals surface area (Å²) in [4.78, 5) is 13.3. The number of aromatic nitrogens is 5. The second kappa shape index (κ2) is 9.44. The molecule has 1 atom stereocenters. The van der Waals surface area contributed by atoms with E-state index in [0.29, 0.717) is 19.6 Å². The van der Waals surface area contributed by atoms with Gasteiger partial charge >= 0.3 is 0 Å². The van der Waals surface area contributed by atoms with Crippen LogP contribution >= 0.6 is 0 Å². The van der Waals surface area contributed by atoms with Crippen LogP contribution in [0.3, 0.4) is 0 Å². The van der Waals surface area contributed by atoms with Crippen LogP contribution in [0, 0.1) is 11.6 Å². The zero-order chi connectivity index (χ0) is 24.6. The zero-order valence-electron chi connectivity index (χ0n) is 19.1. The van der Waals surface area contributed by atoms with Gasteiger partial charge in [-0.3, -0.25) is 9.58 Å². The SMILES string of the molecule is CCC(CN1CCN(S(=O)(=O)c2cc(F)ccc2F)CC1)n1cc(-c2ncnc3[nH]ccc23)cn1. The maximum atomic E-state index is 14.1. The summed E-state index contributed by atoms with van der Waals surface area (Å²) in [7, 11) is -4.11. The summed E-state index contributed by atoms with van der Waals surface area (Å²) < 4.78 is 56.5. The van der Waals surface area contributed by atoms with Crippen molar-refractivity contribution < 1.29 is 17.2 Å². The lowest BCUT2D eigenvalue weighted by molar-refractivity contribution is 0.160. The van der Waals surface area contributed by atoms with Gasteiger partial charge in [0.25, 0.3) is 0 Å². The maximum Gasteiger partial charge on any atom is 0.246 e. The highest BCUT2D eigenvalue weighted by atomic mass is 32.2. The minimum absolute atomic E-state index is 0.0797. The molecule has 1 fully saturated rings. The predicted molar refractivity (Wildman–Crippen MR) is 126 cm³/mol. The molecule has 1 aliphatic rings. The van der Waals surface area contributed by atoms with Gasteiger partial charge in [0, 0.05) is 56.1 Å². The minimum Gasteiger partial charge on any atom is -0.346 e. The number of sulfonamides is 1. The molecule has 0 radical (unpaired) electrons. The first kappa shape index (κ1) is 23.5. The molecule has 4 heterocycles. The van der Waals surface area contributed by atoms with E-state index in [0.717, 1.165) is 46.9 Å². The molecule has 3 aromatic heterocycles. The fourth-order valence-electron chi connectivity index (χ4n) is 4.43. The molecule has 0 aliphatic carbocycles. The highest BCUT2D eigenvalue weighted by Gasteiger charge is 2.31. The maximum absolute atomic E-state index is 14.1. The Balaban J connectivity index is 1.26. The third-order valence-electron chi connectivity index (χ3n) is 6.39. The van der Waals surface area contributed by atoms with Gasteiger partial charge in [0.2, 0.25) is 10.0 Å². The van der Waals surface area contributed by atoms with Crippen LogP contribution in [0.4, 0.5) is 8.78 Å². The second-order valence-corrected chi connectivity index (χ2v) is 10.4. The van der Waals surface area contributed by atoms with Crippen molar-refractivity contribution in [2.75, 3.05) is 32.7 Å². The Hall–Kier alpha value is -3.22. The first-order valence-electron chi connectivity index (χ1n) is 11.4. The Bertz CT molecular complexity index is 1450. The van der Waals surface area contributed by atoms with Gasteiger partial charge in [0.1, 0.15) is 28.5 Å². The predicted octanol–water partition coefficient (Wildman–Crippen LogP) is 3.06. The highest BCUT2D eigenvalue weighted by molar-refractivity contribution is 7.89. The number of piperazine rings is 1. The number of nitrogens with zero attached hydrogens (tertiary/aromatic N) is 6. The number of hydrogen-bond acceptors (Lipinski definition) is 6. The molecule has 1 aliphatic heterocycles. The van der Waals surface area contributed by atoms with E-state index in [-0.39, 0.29) is 19.1 Å². The fourth-order valence-corrected chi connectivity index (χ4v) is 5.92. The molecule has 1 saturated heterocycles. The van der Waals surface area contributed by atoms with Gasteiger partial charge in [0.05, 0.1) is 17.9 Å². The third kappa shape index (κ3) is 4.56. The Labute approximate surface area is 201 Å². The Morgan fingerprint density at radius 2 is 1.91 bits per heavy atom. The molecule has 9 nitrogen and oxygen atoms in total. The topological polar surface area (TPSA) is 100 Å². The van der Waals surface area contributed by atoms with E-state index >= 15 is 0 Å². The molecule has 0 amide bonds. The summed E-state index contributed by atoms with van der Waals surface area (Å²) in [5.74, 6) is -1.73. The molecule has 184 valence electrons. The molecule has 0 saturated carbocycles. The number of H-pyrrole nitrogens is 1. The Kier molecular flexibility index (Phi) is 6.34. The standard InChI is InChI=1S/C23H25F2N7O2S/c1-2-18(32-13-16(12-29-32)22-19-5-6-26-23(19)28-15-27-22)14-30-7-9-31(10-8-30)35(33,34)21-11-17(24)3-4-20(21)25/h3-6,11-13,15,18H,2,7-10,14H2,1H3,(H,26,27,28). The second-order valence-electron chi connectivity index (χ2n) is 8.51. The van der Waals surface area contributed by atoms with Crippen LogP contribution in [0.5, 0.6) is 0 Å². The van der Waals surface area contributed by atoms with E-state index in [1.54, 1.807) is 6.20 Å². The molecule has 1 N–H and O–H groups in total. The van der Waals surface area contributed by atoms with E-state index in [9.17, 15) is 17.2 Å². The van der Waals surface area contributed by atoms with Crippen molar-refractivity contribution >= 4 is 21.1 Å². The van der Waals surface area contributed by atoms with Crippen LogP contribution in [0.25, 0.3) is 22.3 Å². The average Bonchev–Trinajstić information content (AvgIpc) is 3.54. The van der Waals surface area contributed by atoms with E-state index in [1.165, 1.54) is 10.6 Å². The van der Waals surface area contributed by atoms with Crippen molar-refractivity contribution in [3.63, 3.8) is 0 Å². The molecule has 12 heteroatoms. The van der Waals surface area contributed by atoms with Crippen LogP contribution < -0.4 is 0 Å². The average molecular weight is 502 g/mol. The molecule has 4 aromatic rings. The minimum atomic E-state index is -4.11. The number of nitrogens with one attached hydrogen (secondary N) is 1. The monoisotopic (exact) mass is 501 g/mol. The van der Waals surface area contributed by atoms with Crippen molar-refractivity contribution in [1.82, 2.24) is 33.9 Å². The lowest BCUT2D eigenvalue weighted by Gasteiger charge is -2.35. The molecule has 0 bridgehead atoms. The van der Waals surface area contributed by atoms with Crippen LogP contribution in [-0.2, 0) is 10.0 Å². The van der Waals surface area contributed by atoms with Crippen molar-refractivity contribution in [3.05, 3.63) is 60.8 Å². The van der Waals surface area contributed by atoms with E-state index in [2.05, 4.69) is 31.9 Å². The zero-order valence-corrected chi connectivity index (χ0v) is 19.9. The highest BCUT2D eigenvalue weighted by Crippen LogP contribution is 2.26. The number of benzene rings is 1. The van der Waals surface area contributed by atoms with Gasteiger partial charge in [-0.1, -0.05) is 6.92 Å². The van der Waals surface area contributed by atoms with Crippen molar-refractivity contribution in [2.45, 2.75) is 24.3 Å². The van der Waals surface area contributed by atoms with Crippen LogP contribution in [0.15, 0.2) is 54.1 Å². The summed E-state index contributed by atoms with van der Waals surface area (Å²) >= 11 is 0. The van der Waals surface area contributed by atoms with Crippen molar-refractivity contribution in [1.29, 1.82) is 0 Å². The van der Waals surface area contributed by atoms with Gasteiger partial charge in [-0.25, -0.2) is 27.2 Å². The summed E-state index contributed by atoms with van der Waals surface area (Å²) in [6.07, 6.45) is 7.93. The summed E-state index contributed by atoms with van der Waals surface area (Å²) in [6.45, 7) is 4.13. The van der Waals surface area contributed by atoms with E-state index in [1.807, 2.05) is 23.1 Å². The molecule has 5 rings (SSSR count). The van der Waals surface area contributed by atoms with Crippen LogP contribution in [0.2, 0.25) is 0 Å². The van der Waals surface area contributed by atoms with Gasteiger partial charge < -0.3 is 4.98 Å². The molecule has 35 heavy (non-hydrogen) atoms. The summed E-state index contributed by atoms with van der Waals surface area (Å²) in [5.41, 5.74) is 2.46. The third-order valence-corrected chi connectivity index (χ3v) is 8.30. The quantitative estimate of drug-likeness (QED) is 0.418. The largest absolute Gasteiger partial charge is 0.346 e. The van der Waals surface area contributed by atoms with Gasteiger partial charge in [0.15, 0.2) is 0 Å². The number of hydrogen-bond donors (Lipinski definition) is 1. The molecular formula is C23H25F2N7O2S. The van der Waals surface area contributed by atoms with Crippen LogP contribution in [-0.4, -0.2) is 75.1 Å². The van der Waals surface area contributed by atoms with Crippen molar-refractivity contribution in [2.24, 2.45) is 0 Å². The van der Waals surface area contributed by atoms with Crippen LogP contribution in [0.1, 0.15) is 19.4 Å². The number of aromatic amines is 1. The fraction of sp³-hybridized carbons (Fsp3) is 0.348. The lowest BCUT2D eigenvalue weighted by Crippen LogP contribution is -2.49. The smallest absolute Gasteiger partial charge is 0.246 e. The van der Waals surface area contributed by atoms with Gasteiger partial charge in [-0.2, -0.15) is 9.40 Å². The summed E-state index contributed by atoms with van der Waals surface area (Å²) in [5, 5.41) is 5.49. The lowest BCUT2D eigenvalue weighted by atomic mass is 10.1. The molecule has 1 aromatic carbocycles. The van der Waals surface area contributed by atoms with E-state index in [4.69, 9.17) is 0 Å². The first-order chi connectivity index (χ1) is 16.9. The number of rotatable bonds is 7. The van der Waals surface area contributed by atoms with Gasteiger partial charge in [-0.15, -0.1) is 0 Å². The van der Waals surface area contributed by atoms with E-state index < -0.39 is 26.6 Å². The Morgan fingerprint density at radius 1 is 1.11 bits per heavy atom. The molecular weight excluding hydrogens is 476 g/mol. The van der Waals surface area contributed by atoms with Gasteiger partial charge in [-0.05, 0) is 30.7 Å². The number of fused-ring (bicyclic) bond motifs is 1. The Morgan fingerprint density at radius 3 is 2.69 bits per heavy atom. The number of halogens is 2. The first-order valence-corrected chi connectivity index (χ1v) is 12.8.